The molecule has 0 aliphatic heterocycles. The fourth-order valence-corrected chi connectivity index (χ4v) is 2.37. The summed E-state index contributed by atoms with van der Waals surface area (Å²) in [5.41, 5.74) is 9.55. The van der Waals surface area contributed by atoms with Crippen molar-refractivity contribution in [3.63, 3.8) is 0 Å². The van der Waals surface area contributed by atoms with Crippen molar-refractivity contribution in [3.8, 4) is 11.5 Å². The van der Waals surface area contributed by atoms with E-state index in [1.54, 1.807) is 7.11 Å². The van der Waals surface area contributed by atoms with Gasteiger partial charge >= 0.3 is 0 Å². The molecule has 0 radical (unpaired) electrons. The van der Waals surface area contributed by atoms with Crippen molar-refractivity contribution >= 4 is 0 Å². The molecule has 2 aromatic carbocycles. The van der Waals surface area contributed by atoms with Gasteiger partial charge in [-0.25, -0.2) is 0 Å². The van der Waals surface area contributed by atoms with E-state index in [1.807, 2.05) is 44.2 Å². The highest BCUT2D eigenvalue weighted by molar-refractivity contribution is 5.43. The van der Waals surface area contributed by atoms with E-state index in [0.29, 0.717) is 5.75 Å². The zero-order valence-corrected chi connectivity index (χ0v) is 13.1. The molecule has 0 spiro atoms. The number of nitrogens with two attached hydrogens (primary N) is 1. The summed E-state index contributed by atoms with van der Waals surface area (Å²) in [6.45, 7) is 6.05. The molecule has 0 fully saturated rings. The maximum absolute atomic E-state index is 6.17. The second-order valence-corrected chi connectivity index (χ2v) is 5.41. The van der Waals surface area contributed by atoms with Gasteiger partial charge in [-0.1, -0.05) is 30.3 Å². The first-order valence-corrected chi connectivity index (χ1v) is 7.15. The second-order valence-electron chi connectivity index (χ2n) is 5.41. The van der Waals surface area contributed by atoms with Gasteiger partial charge in [-0.2, -0.15) is 0 Å². The molecule has 2 atom stereocenters. The first-order chi connectivity index (χ1) is 10.0. The van der Waals surface area contributed by atoms with Crippen molar-refractivity contribution in [3.05, 3.63) is 59.2 Å². The average Bonchev–Trinajstić information content (AvgIpc) is 2.46. The van der Waals surface area contributed by atoms with Crippen molar-refractivity contribution in [1.29, 1.82) is 0 Å². The van der Waals surface area contributed by atoms with Gasteiger partial charge in [0.05, 0.1) is 7.11 Å². The third kappa shape index (κ3) is 3.56. The second kappa shape index (κ2) is 6.64. The molecule has 21 heavy (non-hydrogen) atoms. The molecular weight excluding hydrogens is 262 g/mol. The van der Waals surface area contributed by atoms with Crippen LogP contribution in [0.25, 0.3) is 0 Å². The van der Waals surface area contributed by atoms with Gasteiger partial charge in [-0.3, -0.25) is 0 Å². The summed E-state index contributed by atoms with van der Waals surface area (Å²) in [4.78, 5) is 0. The molecular formula is C18H23NO2. The van der Waals surface area contributed by atoms with Crippen LogP contribution in [-0.2, 0) is 0 Å². The Kier molecular flexibility index (Phi) is 4.86. The molecule has 0 aromatic heterocycles. The minimum Gasteiger partial charge on any atom is -0.493 e. The van der Waals surface area contributed by atoms with Crippen LogP contribution in [0.3, 0.4) is 0 Å². The first kappa shape index (κ1) is 15.4. The van der Waals surface area contributed by atoms with Crippen molar-refractivity contribution < 1.29 is 9.47 Å². The normalized spacial score (nSPS) is 13.6. The largest absolute Gasteiger partial charge is 0.493 e. The van der Waals surface area contributed by atoms with Gasteiger partial charge in [-0.15, -0.1) is 0 Å². The third-order valence-corrected chi connectivity index (χ3v) is 3.55. The highest BCUT2D eigenvalue weighted by Crippen LogP contribution is 2.33. The van der Waals surface area contributed by atoms with Crippen molar-refractivity contribution in [2.45, 2.75) is 32.9 Å². The van der Waals surface area contributed by atoms with Crippen LogP contribution in [0, 0.1) is 13.8 Å². The number of hydrogen-bond acceptors (Lipinski definition) is 3. The third-order valence-electron chi connectivity index (χ3n) is 3.55. The lowest BCUT2D eigenvalue weighted by Gasteiger charge is -2.25. The molecule has 2 rings (SSSR count). The fourth-order valence-electron chi connectivity index (χ4n) is 2.37. The number of ether oxygens (including phenoxy) is 2. The summed E-state index contributed by atoms with van der Waals surface area (Å²) in [7, 11) is 1.65. The summed E-state index contributed by atoms with van der Waals surface area (Å²) in [5, 5.41) is 0. The van der Waals surface area contributed by atoms with Crippen LogP contribution in [0.4, 0.5) is 0 Å². The molecule has 2 aromatic rings. The lowest BCUT2D eigenvalue weighted by atomic mass is 9.99. The number of rotatable bonds is 5. The Bertz CT molecular complexity index is 608. The van der Waals surface area contributed by atoms with E-state index in [0.717, 1.165) is 16.9 Å². The van der Waals surface area contributed by atoms with Crippen LogP contribution in [-0.4, -0.2) is 13.2 Å². The quantitative estimate of drug-likeness (QED) is 0.909. The monoisotopic (exact) mass is 285 g/mol. The molecule has 112 valence electrons. The molecule has 0 saturated heterocycles. The SMILES string of the molecule is COc1cc(C)ccc1OC(c1ccccc1C)C(C)N. The van der Waals surface area contributed by atoms with E-state index in [1.165, 1.54) is 5.56 Å². The van der Waals surface area contributed by atoms with Gasteiger partial charge in [-0.05, 0) is 49.6 Å². The summed E-state index contributed by atoms with van der Waals surface area (Å²) in [6, 6.07) is 13.9. The number of aryl methyl sites for hydroxylation is 2. The maximum Gasteiger partial charge on any atom is 0.162 e. The maximum atomic E-state index is 6.17. The summed E-state index contributed by atoms with van der Waals surface area (Å²) >= 11 is 0. The summed E-state index contributed by atoms with van der Waals surface area (Å²) < 4.78 is 11.6. The van der Waals surface area contributed by atoms with E-state index in [2.05, 4.69) is 19.1 Å². The molecule has 0 heterocycles. The Balaban J connectivity index is 2.36. The molecule has 0 amide bonds. The summed E-state index contributed by atoms with van der Waals surface area (Å²) in [6.07, 6.45) is -0.206. The lowest BCUT2D eigenvalue weighted by Crippen LogP contribution is -2.29. The van der Waals surface area contributed by atoms with Gasteiger partial charge in [0, 0.05) is 6.04 Å². The Morgan fingerprint density at radius 3 is 2.33 bits per heavy atom. The molecule has 0 saturated carbocycles. The van der Waals surface area contributed by atoms with Gasteiger partial charge in [0.1, 0.15) is 6.10 Å². The van der Waals surface area contributed by atoms with Gasteiger partial charge in [0.2, 0.25) is 0 Å². The Morgan fingerprint density at radius 1 is 1.00 bits per heavy atom. The van der Waals surface area contributed by atoms with E-state index < -0.39 is 0 Å². The van der Waals surface area contributed by atoms with Gasteiger partial charge < -0.3 is 15.2 Å². The van der Waals surface area contributed by atoms with E-state index >= 15 is 0 Å². The standard InChI is InChI=1S/C18H23NO2/c1-12-9-10-16(17(11-12)20-4)21-18(14(3)19)15-8-6-5-7-13(15)2/h5-11,14,18H,19H2,1-4H3. The van der Waals surface area contributed by atoms with Crippen LogP contribution in [0.5, 0.6) is 11.5 Å². The Hall–Kier alpha value is -2.00. The molecule has 0 bridgehead atoms. The topological polar surface area (TPSA) is 44.5 Å². The zero-order chi connectivity index (χ0) is 15.4. The van der Waals surface area contributed by atoms with E-state index in [9.17, 15) is 0 Å². The predicted molar refractivity (Wildman–Crippen MR) is 85.9 cm³/mol. The van der Waals surface area contributed by atoms with Crippen LogP contribution >= 0.6 is 0 Å². The Labute approximate surface area is 126 Å². The van der Waals surface area contributed by atoms with Gasteiger partial charge in [0.25, 0.3) is 0 Å². The summed E-state index contributed by atoms with van der Waals surface area (Å²) in [5.74, 6) is 1.45. The minimum atomic E-state index is -0.206. The van der Waals surface area contributed by atoms with Crippen molar-refractivity contribution in [2.24, 2.45) is 5.73 Å². The van der Waals surface area contributed by atoms with Crippen LogP contribution in [0.1, 0.15) is 29.7 Å². The van der Waals surface area contributed by atoms with E-state index in [-0.39, 0.29) is 12.1 Å². The van der Waals surface area contributed by atoms with E-state index in [4.69, 9.17) is 15.2 Å². The molecule has 3 nitrogen and oxygen atoms in total. The van der Waals surface area contributed by atoms with Crippen molar-refractivity contribution in [1.82, 2.24) is 0 Å². The van der Waals surface area contributed by atoms with Gasteiger partial charge in [0.15, 0.2) is 11.5 Å². The molecule has 3 heteroatoms. The molecule has 2 unspecified atom stereocenters. The van der Waals surface area contributed by atoms with Crippen LogP contribution in [0.2, 0.25) is 0 Å². The average molecular weight is 285 g/mol. The Morgan fingerprint density at radius 2 is 1.71 bits per heavy atom. The molecule has 2 N–H and O–H groups in total. The number of methoxy groups -OCH3 is 1. The van der Waals surface area contributed by atoms with Crippen LogP contribution < -0.4 is 15.2 Å². The highest BCUT2D eigenvalue weighted by atomic mass is 16.5. The molecule has 0 aliphatic carbocycles. The first-order valence-electron chi connectivity index (χ1n) is 7.15. The predicted octanol–water partition coefficient (Wildman–Crippen LogP) is 3.78. The zero-order valence-electron chi connectivity index (χ0n) is 13.1. The smallest absolute Gasteiger partial charge is 0.162 e. The fraction of sp³-hybridized carbons (Fsp3) is 0.333. The van der Waals surface area contributed by atoms with Crippen molar-refractivity contribution in [2.75, 3.05) is 7.11 Å². The highest BCUT2D eigenvalue weighted by Gasteiger charge is 2.21. The van der Waals surface area contributed by atoms with Crippen LogP contribution in [0.15, 0.2) is 42.5 Å². The number of benzene rings is 2. The minimum absolute atomic E-state index is 0.128. The number of hydrogen-bond donors (Lipinski definition) is 1. The molecule has 0 aliphatic rings. The lowest BCUT2D eigenvalue weighted by molar-refractivity contribution is 0.172.